The molecule has 1 aromatic carbocycles. The molecule has 0 aliphatic rings. The number of nitrogens with zero attached hydrogens (tertiary/aromatic N) is 1. The maximum absolute atomic E-state index is 10.7. The Morgan fingerprint density at radius 2 is 2.00 bits per heavy atom. The molecule has 1 aromatic rings. The van der Waals surface area contributed by atoms with E-state index in [2.05, 4.69) is 15.9 Å². The van der Waals surface area contributed by atoms with Gasteiger partial charge in [0.1, 0.15) is 0 Å². The van der Waals surface area contributed by atoms with E-state index in [0.29, 0.717) is 5.56 Å². The molecule has 0 heterocycles. The van der Waals surface area contributed by atoms with E-state index < -0.39 is 4.45 Å². The summed E-state index contributed by atoms with van der Waals surface area (Å²) in [6.45, 7) is 3.40. The van der Waals surface area contributed by atoms with Crippen LogP contribution in [-0.2, 0) is 4.45 Å². The zero-order chi connectivity index (χ0) is 10.1. The number of halogens is 1. The van der Waals surface area contributed by atoms with Gasteiger partial charge >= 0.3 is 0 Å². The Morgan fingerprint density at radius 3 is 2.46 bits per heavy atom. The Kier molecular flexibility index (Phi) is 2.71. The number of nitro groups is 1. The van der Waals surface area contributed by atoms with Crippen molar-refractivity contribution >= 4 is 15.9 Å². The van der Waals surface area contributed by atoms with Crippen LogP contribution < -0.4 is 0 Å². The summed E-state index contributed by atoms with van der Waals surface area (Å²) < 4.78 is -1.18. The standard InChI is InChI=1S/C9H10BrNO2/c1-7-5-3-4-6-8(7)9(2,10)11(12)13/h3-6H,1-2H3. The van der Waals surface area contributed by atoms with Gasteiger partial charge in [0.2, 0.25) is 0 Å². The summed E-state index contributed by atoms with van der Waals surface area (Å²) in [4.78, 5) is 10.4. The van der Waals surface area contributed by atoms with Gasteiger partial charge in [-0.3, -0.25) is 10.1 Å². The lowest BCUT2D eigenvalue weighted by molar-refractivity contribution is -0.538. The molecule has 0 aliphatic heterocycles. The van der Waals surface area contributed by atoms with Crippen molar-refractivity contribution in [3.63, 3.8) is 0 Å². The van der Waals surface area contributed by atoms with Crippen molar-refractivity contribution < 1.29 is 4.92 Å². The fourth-order valence-corrected chi connectivity index (χ4v) is 1.63. The summed E-state index contributed by atoms with van der Waals surface area (Å²) in [5, 5.41) is 10.7. The molecule has 0 amide bonds. The van der Waals surface area contributed by atoms with E-state index in [1.165, 1.54) is 6.92 Å². The number of hydrogen-bond acceptors (Lipinski definition) is 2. The monoisotopic (exact) mass is 243 g/mol. The van der Waals surface area contributed by atoms with Crippen LogP contribution >= 0.6 is 15.9 Å². The van der Waals surface area contributed by atoms with Crippen molar-refractivity contribution in [3.05, 3.63) is 45.5 Å². The summed E-state index contributed by atoms with van der Waals surface area (Å²) in [5.41, 5.74) is 1.61. The minimum absolute atomic E-state index is 0.338. The molecular formula is C9H10BrNO2. The molecule has 0 fully saturated rings. The number of aryl methyl sites for hydroxylation is 1. The minimum atomic E-state index is -1.18. The van der Waals surface area contributed by atoms with Gasteiger partial charge in [-0.1, -0.05) is 24.3 Å². The first-order chi connectivity index (χ1) is 5.96. The molecule has 0 saturated carbocycles. The summed E-state index contributed by atoms with van der Waals surface area (Å²) in [6, 6.07) is 7.28. The second-order valence-electron chi connectivity index (χ2n) is 3.03. The molecule has 0 radical (unpaired) electrons. The van der Waals surface area contributed by atoms with E-state index in [1.54, 1.807) is 12.1 Å². The zero-order valence-electron chi connectivity index (χ0n) is 7.45. The van der Waals surface area contributed by atoms with Gasteiger partial charge in [0.15, 0.2) is 0 Å². The highest BCUT2D eigenvalue weighted by Crippen LogP contribution is 2.32. The predicted octanol–water partition coefficient (Wildman–Crippen LogP) is 2.84. The van der Waals surface area contributed by atoms with Gasteiger partial charge in [-0.2, -0.15) is 0 Å². The highest BCUT2D eigenvalue weighted by molar-refractivity contribution is 9.09. The van der Waals surface area contributed by atoms with Gasteiger partial charge in [0.25, 0.3) is 4.45 Å². The first kappa shape index (κ1) is 10.2. The molecule has 0 aliphatic carbocycles. The Hall–Kier alpha value is -0.900. The number of alkyl halides is 1. The first-order valence-electron chi connectivity index (χ1n) is 3.86. The lowest BCUT2D eigenvalue weighted by Crippen LogP contribution is -2.25. The van der Waals surface area contributed by atoms with Crippen molar-refractivity contribution in [1.29, 1.82) is 0 Å². The third kappa shape index (κ3) is 1.88. The van der Waals surface area contributed by atoms with Crippen molar-refractivity contribution in [3.8, 4) is 0 Å². The third-order valence-electron chi connectivity index (χ3n) is 1.98. The smallest absolute Gasteiger partial charge is 0.263 e. The van der Waals surface area contributed by atoms with Crippen molar-refractivity contribution in [2.45, 2.75) is 18.3 Å². The third-order valence-corrected chi connectivity index (χ3v) is 2.70. The maximum Gasteiger partial charge on any atom is 0.297 e. The van der Waals surface area contributed by atoms with Crippen LogP contribution in [0.5, 0.6) is 0 Å². The van der Waals surface area contributed by atoms with E-state index in [4.69, 9.17) is 0 Å². The van der Waals surface area contributed by atoms with E-state index in [0.717, 1.165) is 5.56 Å². The summed E-state index contributed by atoms with van der Waals surface area (Å²) in [5.74, 6) is 0. The maximum atomic E-state index is 10.7. The molecule has 0 spiro atoms. The molecule has 1 unspecified atom stereocenters. The van der Waals surface area contributed by atoms with E-state index in [1.807, 2.05) is 19.1 Å². The Bertz CT molecular complexity index is 336. The molecule has 3 nitrogen and oxygen atoms in total. The molecule has 1 rings (SSSR count). The first-order valence-corrected chi connectivity index (χ1v) is 4.65. The van der Waals surface area contributed by atoms with Crippen molar-refractivity contribution in [2.75, 3.05) is 0 Å². The molecule has 0 saturated heterocycles. The van der Waals surface area contributed by atoms with Gasteiger partial charge in [0.05, 0.1) is 0 Å². The second kappa shape index (κ2) is 3.46. The molecule has 13 heavy (non-hydrogen) atoms. The minimum Gasteiger partial charge on any atom is -0.263 e. The lowest BCUT2D eigenvalue weighted by Gasteiger charge is -2.15. The quantitative estimate of drug-likeness (QED) is 0.347. The molecule has 0 aromatic heterocycles. The van der Waals surface area contributed by atoms with Gasteiger partial charge in [-0.05, 0) is 12.5 Å². The van der Waals surface area contributed by atoms with Crippen LogP contribution in [-0.4, -0.2) is 4.92 Å². The summed E-state index contributed by atoms with van der Waals surface area (Å²) in [6.07, 6.45) is 0. The van der Waals surface area contributed by atoms with Gasteiger partial charge < -0.3 is 0 Å². The molecule has 70 valence electrons. The topological polar surface area (TPSA) is 43.1 Å². The second-order valence-corrected chi connectivity index (χ2v) is 4.57. The summed E-state index contributed by atoms with van der Waals surface area (Å²) >= 11 is 3.11. The SMILES string of the molecule is Cc1ccccc1C(C)(Br)[N+](=O)[O-]. The van der Waals surface area contributed by atoms with E-state index in [9.17, 15) is 10.1 Å². The Balaban J connectivity index is 3.22. The normalized spacial score (nSPS) is 15.0. The highest BCUT2D eigenvalue weighted by atomic mass is 79.9. The number of hydrogen-bond donors (Lipinski definition) is 0. The number of benzene rings is 1. The zero-order valence-corrected chi connectivity index (χ0v) is 9.04. The van der Waals surface area contributed by atoms with Gasteiger partial charge in [0, 0.05) is 33.3 Å². The van der Waals surface area contributed by atoms with Crippen LogP contribution in [0.2, 0.25) is 0 Å². The van der Waals surface area contributed by atoms with Crippen LogP contribution in [0.4, 0.5) is 0 Å². The summed E-state index contributed by atoms with van der Waals surface area (Å²) in [7, 11) is 0. The highest BCUT2D eigenvalue weighted by Gasteiger charge is 2.36. The molecule has 0 N–H and O–H groups in total. The fourth-order valence-electron chi connectivity index (χ4n) is 1.18. The predicted molar refractivity (Wildman–Crippen MR) is 54.5 cm³/mol. The van der Waals surface area contributed by atoms with Crippen LogP contribution in [0.15, 0.2) is 24.3 Å². The van der Waals surface area contributed by atoms with Crippen LogP contribution in [0.3, 0.4) is 0 Å². The van der Waals surface area contributed by atoms with Crippen molar-refractivity contribution in [2.24, 2.45) is 0 Å². The number of rotatable bonds is 2. The average Bonchev–Trinajstić information content (AvgIpc) is 2.04. The average molecular weight is 244 g/mol. The van der Waals surface area contributed by atoms with Crippen LogP contribution in [0, 0.1) is 17.0 Å². The lowest BCUT2D eigenvalue weighted by atomic mass is 10.0. The Morgan fingerprint density at radius 1 is 1.46 bits per heavy atom. The van der Waals surface area contributed by atoms with E-state index in [-0.39, 0.29) is 4.92 Å². The van der Waals surface area contributed by atoms with Crippen LogP contribution in [0.25, 0.3) is 0 Å². The Labute approximate surface area is 85.0 Å². The largest absolute Gasteiger partial charge is 0.297 e. The van der Waals surface area contributed by atoms with E-state index >= 15 is 0 Å². The van der Waals surface area contributed by atoms with Crippen molar-refractivity contribution in [1.82, 2.24) is 0 Å². The molecule has 1 atom stereocenters. The van der Waals surface area contributed by atoms with Crippen LogP contribution in [0.1, 0.15) is 18.1 Å². The van der Waals surface area contributed by atoms with Gasteiger partial charge in [-0.15, -0.1) is 0 Å². The van der Waals surface area contributed by atoms with Gasteiger partial charge in [-0.25, -0.2) is 0 Å². The molecular weight excluding hydrogens is 234 g/mol. The molecule has 0 bridgehead atoms. The molecule has 4 heteroatoms. The fraction of sp³-hybridized carbons (Fsp3) is 0.333.